The van der Waals surface area contributed by atoms with Crippen LogP contribution in [-0.2, 0) is 11.3 Å². The van der Waals surface area contributed by atoms with Gasteiger partial charge in [0.05, 0.1) is 12.6 Å². The molecule has 130 valence electrons. The summed E-state index contributed by atoms with van der Waals surface area (Å²) in [6.45, 7) is 2.01. The lowest BCUT2D eigenvalue weighted by molar-refractivity contribution is 0.415. The van der Waals surface area contributed by atoms with Crippen LogP contribution < -0.4 is 14.8 Å². The summed E-state index contributed by atoms with van der Waals surface area (Å²) in [6, 6.07) is 12.9. The van der Waals surface area contributed by atoms with Crippen molar-refractivity contribution < 1.29 is 13.5 Å². The molecule has 0 fully saturated rings. The molecule has 1 heterocycles. The number of aromatic nitrogens is 2. The van der Waals surface area contributed by atoms with Crippen LogP contribution in [0.4, 0.5) is 11.5 Å². The van der Waals surface area contributed by atoms with Crippen LogP contribution in [-0.4, -0.2) is 25.8 Å². The molecule has 0 amide bonds. The number of hydrogen-bond donors (Lipinski definition) is 3. The minimum absolute atomic E-state index is 0.0158. The van der Waals surface area contributed by atoms with Gasteiger partial charge in [-0.05, 0) is 42.8 Å². The molecular weight excluding hydrogens is 340 g/mol. The molecule has 3 rings (SSSR count). The molecule has 0 aliphatic heterocycles. The summed E-state index contributed by atoms with van der Waals surface area (Å²) >= 11 is -2.08. The lowest BCUT2D eigenvalue weighted by Gasteiger charge is -2.17. The van der Waals surface area contributed by atoms with E-state index in [-0.39, 0.29) is 6.04 Å². The maximum absolute atomic E-state index is 10.8. The van der Waals surface area contributed by atoms with Crippen molar-refractivity contribution >= 4 is 33.7 Å². The molecule has 25 heavy (non-hydrogen) atoms. The molecule has 0 aliphatic carbocycles. The van der Waals surface area contributed by atoms with Crippen molar-refractivity contribution in [2.75, 3.05) is 17.1 Å². The van der Waals surface area contributed by atoms with Crippen LogP contribution in [0, 0.1) is 0 Å². The van der Waals surface area contributed by atoms with Gasteiger partial charge in [-0.1, -0.05) is 12.1 Å². The summed E-state index contributed by atoms with van der Waals surface area (Å²) < 4.78 is 27.3. The van der Waals surface area contributed by atoms with Gasteiger partial charge in [0.1, 0.15) is 17.9 Å². The van der Waals surface area contributed by atoms with Crippen LogP contribution in [0.15, 0.2) is 48.8 Å². The van der Waals surface area contributed by atoms with E-state index in [1.54, 1.807) is 19.2 Å². The Morgan fingerprint density at radius 2 is 1.92 bits per heavy atom. The molecule has 0 saturated heterocycles. The van der Waals surface area contributed by atoms with Gasteiger partial charge in [0.25, 0.3) is 11.3 Å². The molecule has 3 aromatic rings. The Balaban J connectivity index is 1.84. The summed E-state index contributed by atoms with van der Waals surface area (Å²) in [5.74, 6) is 1.46. The quantitative estimate of drug-likeness (QED) is 0.585. The van der Waals surface area contributed by atoms with Crippen LogP contribution in [0.5, 0.6) is 5.75 Å². The van der Waals surface area contributed by atoms with Gasteiger partial charge in [0.15, 0.2) is 0 Å². The van der Waals surface area contributed by atoms with Crippen LogP contribution in [0.2, 0.25) is 0 Å². The Labute approximate surface area is 147 Å². The van der Waals surface area contributed by atoms with E-state index in [4.69, 9.17) is 9.29 Å². The third kappa shape index (κ3) is 4.04. The first-order valence-corrected chi connectivity index (χ1v) is 8.70. The van der Waals surface area contributed by atoms with Gasteiger partial charge in [-0.15, -0.1) is 0 Å². The van der Waals surface area contributed by atoms with Crippen molar-refractivity contribution in [2.45, 2.75) is 13.0 Å². The number of fused-ring (bicyclic) bond motifs is 1. The molecule has 2 unspecified atom stereocenters. The van der Waals surface area contributed by atoms with Crippen molar-refractivity contribution in [3.63, 3.8) is 0 Å². The highest BCUT2D eigenvalue weighted by atomic mass is 32.2. The lowest BCUT2D eigenvalue weighted by atomic mass is 10.1. The van der Waals surface area contributed by atoms with E-state index in [1.807, 2.05) is 37.3 Å². The predicted octanol–water partition coefficient (Wildman–Crippen LogP) is 3.36. The van der Waals surface area contributed by atoms with Gasteiger partial charge in [0, 0.05) is 17.1 Å². The van der Waals surface area contributed by atoms with Crippen LogP contribution >= 0.6 is 0 Å². The molecule has 1 aromatic heterocycles. The van der Waals surface area contributed by atoms with Gasteiger partial charge in [-0.25, -0.2) is 14.2 Å². The van der Waals surface area contributed by atoms with Gasteiger partial charge >= 0.3 is 0 Å². The summed E-state index contributed by atoms with van der Waals surface area (Å²) in [5, 5.41) is 4.25. The number of nitrogens with zero attached hydrogens (tertiary/aromatic N) is 2. The van der Waals surface area contributed by atoms with Crippen molar-refractivity contribution in [2.24, 2.45) is 0 Å². The third-order valence-corrected chi connectivity index (χ3v) is 4.22. The molecular formula is C17H18N4O3S. The van der Waals surface area contributed by atoms with Crippen molar-refractivity contribution in [1.82, 2.24) is 9.97 Å². The largest absolute Gasteiger partial charge is 0.497 e. The van der Waals surface area contributed by atoms with Crippen LogP contribution in [0.1, 0.15) is 18.5 Å². The first-order valence-electron chi connectivity index (χ1n) is 7.59. The highest BCUT2D eigenvalue weighted by Crippen LogP contribution is 2.27. The van der Waals surface area contributed by atoms with Crippen molar-refractivity contribution in [3.05, 3.63) is 54.4 Å². The maximum Gasteiger partial charge on any atom is 0.259 e. The Kier molecular flexibility index (Phi) is 5.11. The molecule has 2 atom stereocenters. The molecule has 0 spiro atoms. The second-order valence-corrected chi connectivity index (χ2v) is 6.15. The van der Waals surface area contributed by atoms with Gasteiger partial charge < -0.3 is 10.1 Å². The first-order chi connectivity index (χ1) is 12.1. The number of anilines is 2. The van der Waals surface area contributed by atoms with E-state index in [9.17, 15) is 4.21 Å². The van der Waals surface area contributed by atoms with Crippen molar-refractivity contribution in [1.29, 1.82) is 0 Å². The zero-order chi connectivity index (χ0) is 17.8. The Bertz CT molecular complexity index is 902. The normalized spacial score (nSPS) is 13.2. The number of nitrogens with one attached hydrogen (secondary N) is 2. The van der Waals surface area contributed by atoms with Crippen molar-refractivity contribution in [3.8, 4) is 5.75 Å². The van der Waals surface area contributed by atoms with Gasteiger partial charge in [-0.2, -0.15) is 0 Å². The number of methoxy groups -OCH3 is 1. The average Bonchev–Trinajstić information content (AvgIpc) is 2.61. The Morgan fingerprint density at radius 1 is 1.16 bits per heavy atom. The average molecular weight is 358 g/mol. The predicted molar refractivity (Wildman–Crippen MR) is 99.0 cm³/mol. The number of rotatable bonds is 6. The summed E-state index contributed by atoms with van der Waals surface area (Å²) in [6.07, 6.45) is 1.52. The van der Waals surface area contributed by atoms with Crippen LogP contribution in [0.25, 0.3) is 10.9 Å². The third-order valence-electron chi connectivity index (χ3n) is 3.81. The fraction of sp³-hybridized carbons (Fsp3) is 0.176. The van der Waals surface area contributed by atoms with Crippen LogP contribution in [0.3, 0.4) is 0 Å². The van der Waals surface area contributed by atoms with E-state index in [0.29, 0.717) is 5.69 Å². The van der Waals surface area contributed by atoms with E-state index in [1.165, 1.54) is 6.33 Å². The SMILES string of the molecule is COc1ccc2ncnc(NC(C)c3ccc(NS(=O)O)cc3)c2c1. The summed E-state index contributed by atoms with van der Waals surface area (Å²) in [5.41, 5.74) is 2.42. The number of benzene rings is 2. The van der Waals surface area contributed by atoms with E-state index in [0.717, 1.165) is 28.0 Å². The maximum atomic E-state index is 10.8. The topological polar surface area (TPSA) is 96.4 Å². The fourth-order valence-corrected chi connectivity index (χ4v) is 2.84. The molecule has 0 aliphatic rings. The minimum Gasteiger partial charge on any atom is -0.497 e. The summed E-state index contributed by atoms with van der Waals surface area (Å²) in [7, 11) is 1.62. The van der Waals surface area contributed by atoms with E-state index < -0.39 is 11.3 Å². The second-order valence-electron chi connectivity index (χ2n) is 5.44. The smallest absolute Gasteiger partial charge is 0.259 e. The molecule has 8 heteroatoms. The number of ether oxygens (including phenoxy) is 1. The van der Waals surface area contributed by atoms with Gasteiger partial charge in [0.2, 0.25) is 0 Å². The Morgan fingerprint density at radius 3 is 2.60 bits per heavy atom. The zero-order valence-electron chi connectivity index (χ0n) is 13.8. The van der Waals surface area contributed by atoms with Gasteiger partial charge in [-0.3, -0.25) is 9.27 Å². The zero-order valence-corrected chi connectivity index (χ0v) is 14.6. The second kappa shape index (κ2) is 7.45. The highest BCUT2D eigenvalue weighted by Gasteiger charge is 2.10. The minimum atomic E-state index is -2.08. The fourth-order valence-electron chi connectivity index (χ4n) is 2.51. The van der Waals surface area contributed by atoms with E-state index in [2.05, 4.69) is 20.0 Å². The number of hydrogen-bond acceptors (Lipinski definition) is 5. The molecule has 0 radical (unpaired) electrons. The summed E-state index contributed by atoms with van der Waals surface area (Å²) in [4.78, 5) is 8.61. The molecule has 0 saturated carbocycles. The molecule has 2 aromatic carbocycles. The van der Waals surface area contributed by atoms with E-state index >= 15 is 0 Å². The monoisotopic (exact) mass is 358 g/mol. The lowest BCUT2D eigenvalue weighted by Crippen LogP contribution is -2.09. The Hall–Kier alpha value is -2.71. The molecule has 3 N–H and O–H groups in total. The standard InChI is InChI=1S/C17H18N4O3S/c1-11(12-3-5-13(6-4-12)21-25(22)23)20-17-15-9-14(24-2)7-8-16(15)18-10-19-17/h3-11,21H,1-2H3,(H,22,23)(H,18,19,20). The molecule has 7 nitrogen and oxygen atoms in total. The highest BCUT2D eigenvalue weighted by molar-refractivity contribution is 7.80. The first kappa shape index (κ1) is 17.1. The molecule has 0 bridgehead atoms.